The highest BCUT2D eigenvalue weighted by Crippen LogP contribution is 2.29. The van der Waals surface area contributed by atoms with Crippen LogP contribution in [0.5, 0.6) is 0 Å². The van der Waals surface area contributed by atoms with Crippen molar-refractivity contribution in [1.82, 2.24) is 0 Å². The third kappa shape index (κ3) is 2.78. The molecule has 0 amide bonds. The zero-order valence-electron chi connectivity index (χ0n) is 10.5. The molecule has 0 atom stereocenters. The van der Waals surface area contributed by atoms with Gasteiger partial charge in [-0.05, 0) is 50.3 Å². The normalized spacial score (nSPS) is 17.5. The minimum Gasteiger partial charge on any atom is -0.369 e. The maximum atomic E-state index is 13.8. The zero-order valence-corrected chi connectivity index (χ0v) is 10.5. The van der Waals surface area contributed by atoms with E-state index in [0.29, 0.717) is 0 Å². The topological polar surface area (TPSA) is 29.3 Å². The Morgan fingerprint density at radius 2 is 2.06 bits per heavy atom. The predicted molar refractivity (Wildman–Crippen MR) is 69.7 cm³/mol. The lowest BCUT2D eigenvalue weighted by Crippen LogP contribution is -2.35. The van der Waals surface area contributed by atoms with Crippen LogP contribution in [0.15, 0.2) is 18.2 Å². The van der Waals surface area contributed by atoms with Gasteiger partial charge in [-0.15, -0.1) is 0 Å². The Balaban J connectivity index is 2.05. The van der Waals surface area contributed by atoms with Gasteiger partial charge in [-0.1, -0.05) is 12.1 Å². The molecule has 1 aliphatic heterocycles. The number of halogens is 1. The van der Waals surface area contributed by atoms with E-state index in [2.05, 4.69) is 4.90 Å². The van der Waals surface area contributed by atoms with E-state index in [1.54, 1.807) is 12.1 Å². The number of hydrogen-bond donors (Lipinski definition) is 1. The fraction of sp³-hybridized carbons (Fsp3) is 0.571. The summed E-state index contributed by atoms with van der Waals surface area (Å²) in [6.07, 6.45) is 3.36. The van der Waals surface area contributed by atoms with Crippen molar-refractivity contribution in [2.75, 3.05) is 24.5 Å². The Labute approximate surface area is 103 Å². The van der Waals surface area contributed by atoms with Gasteiger partial charge in [-0.2, -0.15) is 0 Å². The van der Waals surface area contributed by atoms with E-state index in [1.807, 2.05) is 13.0 Å². The van der Waals surface area contributed by atoms with Crippen LogP contribution in [0.1, 0.15) is 24.8 Å². The molecule has 1 fully saturated rings. The molecule has 2 N–H and O–H groups in total. The monoisotopic (exact) mass is 236 g/mol. The molecular formula is C14H21FN2. The molecule has 0 radical (unpaired) electrons. The molecule has 3 heteroatoms. The van der Waals surface area contributed by atoms with Crippen LogP contribution in [0, 0.1) is 18.7 Å². The molecule has 1 aliphatic rings. The molecule has 1 aromatic carbocycles. The molecule has 1 saturated heterocycles. The van der Waals surface area contributed by atoms with Gasteiger partial charge in [-0.25, -0.2) is 4.39 Å². The number of hydrogen-bond acceptors (Lipinski definition) is 2. The second kappa shape index (κ2) is 5.50. The van der Waals surface area contributed by atoms with Gasteiger partial charge < -0.3 is 10.6 Å². The average molecular weight is 236 g/mol. The third-order valence-electron chi connectivity index (χ3n) is 3.69. The maximum Gasteiger partial charge on any atom is 0.146 e. The van der Waals surface area contributed by atoms with E-state index >= 15 is 0 Å². The number of aryl methyl sites for hydroxylation is 1. The summed E-state index contributed by atoms with van der Waals surface area (Å²) in [6.45, 7) is 4.65. The Hall–Kier alpha value is -1.09. The van der Waals surface area contributed by atoms with E-state index in [0.717, 1.165) is 56.1 Å². The van der Waals surface area contributed by atoms with Crippen molar-refractivity contribution < 1.29 is 4.39 Å². The van der Waals surface area contributed by atoms with E-state index in [-0.39, 0.29) is 5.82 Å². The van der Waals surface area contributed by atoms with Gasteiger partial charge in [0.2, 0.25) is 0 Å². The molecule has 0 bridgehead atoms. The summed E-state index contributed by atoms with van der Waals surface area (Å²) in [5, 5.41) is 0. The van der Waals surface area contributed by atoms with Gasteiger partial charge in [0.05, 0.1) is 5.69 Å². The van der Waals surface area contributed by atoms with Gasteiger partial charge in [0.1, 0.15) is 5.82 Å². The van der Waals surface area contributed by atoms with E-state index in [1.165, 1.54) is 0 Å². The molecule has 1 aromatic rings. The highest BCUT2D eigenvalue weighted by atomic mass is 19.1. The molecular weight excluding hydrogens is 215 g/mol. The highest BCUT2D eigenvalue weighted by molar-refractivity contribution is 5.54. The quantitative estimate of drug-likeness (QED) is 0.874. The largest absolute Gasteiger partial charge is 0.369 e. The Morgan fingerprint density at radius 1 is 1.35 bits per heavy atom. The van der Waals surface area contributed by atoms with Crippen LogP contribution < -0.4 is 10.6 Å². The first-order valence-corrected chi connectivity index (χ1v) is 6.42. The van der Waals surface area contributed by atoms with Gasteiger partial charge in [0.25, 0.3) is 0 Å². The molecule has 94 valence electrons. The average Bonchev–Trinajstić information content (AvgIpc) is 2.31. The third-order valence-corrected chi connectivity index (χ3v) is 3.69. The number of para-hydroxylation sites is 1. The molecule has 0 unspecified atom stereocenters. The van der Waals surface area contributed by atoms with Crippen LogP contribution in [-0.4, -0.2) is 19.6 Å². The summed E-state index contributed by atoms with van der Waals surface area (Å²) in [5.41, 5.74) is 7.40. The first-order valence-electron chi connectivity index (χ1n) is 6.42. The highest BCUT2D eigenvalue weighted by Gasteiger charge is 2.21. The minimum absolute atomic E-state index is 0.0951. The molecule has 1 heterocycles. The lowest BCUT2D eigenvalue weighted by Gasteiger charge is -2.34. The molecule has 2 rings (SSSR count). The fourth-order valence-electron chi connectivity index (χ4n) is 2.70. The number of benzene rings is 1. The van der Waals surface area contributed by atoms with Crippen molar-refractivity contribution in [3.63, 3.8) is 0 Å². The summed E-state index contributed by atoms with van der Waals surface area (Å²) in [6, 6.07) is 5.30. The summed E-state index contributed by atoms with van der Waals surface area (Å²) in [5.74, 6) is 0.630. The second-order valence-corrected chi connectivity index (χ2v) is 4.91. The van der Waals surface area contributed by atoms with E-state index < -0.39 is 0 Å². The number of rotatable bonds is 3. The first kappa shape index (κ1) is 12.4. The van der Waals surface area contributed by atoms with Crippen molar-refractivity contribution in [3.8, 4) is 0 Å². The van der Waals surface area contributed by atoms with Crippen LogP contribution in [0.25, 0.3) is 0 Å². The van der Waals surface area contributed by atoms with Crippen LogP contribution in [0.2, 0.25) is 0 Å². The lowest BCUT2D eigenvalue weighted by atomic mass is 9.93. The van der Waals surface area contributed by atoms with Crippen LogP contribution in [-0.2, 0) is 0 Å². The van der Waals surface area contributed by atoms with Crippen molar-refractivity contribution >= 4 is 5.69 Å². The van der Waals surface area contributed by atoms with Gasteiger partial charge in [0, 0.05) is 13.1 Å². The molecule has 17 heavy (non-hydrogen) atoms. The summed E-state index contributed by atoms with van der Waals surface area (Å²) in [7, 11) is 0. The standard InChI is InChI=1S/C14H21FN2/c1-11-3-2-4-13(15)14(11)17-9-6-12(5-8-16)7-10-17/h2-4,12H,5-10,16H2,1H3. The number of nitrogens with zero attached hydrogens (tertiary/aromatic N) is 1. The predicted octanol–water partition coefficient (Wildman–Crippen LogP) is 2.70. The number of nitrogens with two attached hydrogens (primary N) is 1. The lowest BCUT2D eigenvalue weighted by molar-refractivity contribution is 0.384. The summed E-state index contributed by atoms with van der Waals surface area (Å²) in [4.78, 5) is 2.18. The fourth-order valence-corrected chi connectivity index (χ4v) is 2.70. The summed E-state index contributed by atoms with van der Waals surface area (Å²) < 4.78 is 13.8. The Bertz CT molecular complexity index is 350. The Kier molecular flexibility index (Phi) is 4.00. The van der Waals surface area contributed by atoms with Crippen molar-refractivity contribution in [2.24, 2.45) is 11.7 Å². The van der Waals surface area contributed by atoms with Gasteiger partial charge in [-0.3, -0.25) is 0 Å². The smallest absolute Gasteiger partial charge is 0.146 e. The van der Waals surface area contributed by atoms with Crippen LogP contribution in [0.3, 0.4) is 0 Å². The zero-order chi connectivity index (χ0) is 12.3. The van der Waals surface area contributed by atoms with Crippen LogP contribution >= 0.6 is 0 Å². The van der Waals surface area contributed by atoms with Gasteiger partial charge >= 0.3 is 0 Å². The molecule has 0 saturated carbocycles. The maximum absolute atomic E-state index is 13.8. The van der Waals surface area contributed by atoms with Crippen molar-refractivity contribution in [3.05, 3.63) is 29.6 Å². The number of anilines is 1. The SMILES string of the molecule is Cc1cccc(F)c1N1CCC(CCN)CC1. The molecule has 0 aromatic heterocycles. The van der Waals surface area contributed by atoms with E-state index in [9.17, 15) is 4.39 Å². The van der Waals surface area contributed by atoms with E-state index in [4.69, 9.17) is 5.73 Å². The molecule has 0 spiro atoms. The molecule has 0 aliphatic carbocycles. The second-order valence-electron chi connectivity index (χ2n) is 4.91. The minimum atomic E-state index is -0.0951. The Morgan fingerprint density at radius 3 is 2.65 bits per heavy atom. The van der Waals surface area contributed by atoms with Crippen molar-refractivity contribution in [2.45, 2.75) is 26.2 Å². The van der Waals surface area contributed by atoms with Crippen LogP contribution in [0.4, 0.5) is 10.1 Å². The summed E-state index contributed by atoms with van der Waals surface area (Å²) >= 11 is 0. The van der Waals surface area contributed by atoms with Gasteiger partial charge in [0.15, 0.2) is 0 Å². The molecule has 2 nitrogen and oxygen atoms in total. The number of piperidine rings is 1. The first-order chi connectivity index (χ1) is 8.22. The van der Waals surface area contributed by atoms with Crippen molar-refractivity contribution in [1.29, 1.82) is 0 Å².